The third-order valence-electron chi connectivity index (χ3n) is 1.34. The number of anilines is 1. The third-order valence-corrected chi connectivity index (χ3v) is 1.66. The summed E-state index contributed by atoms with van der Waals surface area (Å²) in [6.45, 7) is 1.94. The lowest BCUT2D eigenvalue weighted by molar-refractivity contribution is 1.72. The van der Waals surface area contributed by atoms with Crippen molar-refractivity contribution in [3.63, 3.8) is 0 Å². The van der Waals surface area contributed by atoms with Crippen LogP contribution in [0.2, 0.25) is 11.8 Å². The largest absolute Gasteiger partial charge is 0.399 e. The van der Waals surface area contributed by atoms with E-state index in [1.807, 2.05) is 26.2 Å². The maximum Gasteiger partial charge on any atom is 0.150 e. The molecule has 3 heteroatoms. The number of halogens is 1. The highest BCUT2D eigenvalue weighted by molar-refractivity contribution is 6.57. The van der Waals surface area contributed by atoms with E-state index in [9.17, 15) is 0 Å². The molecular weight excluding hydrogens is 144 g/mol. The van der Waals surface area contributed by atoms with Gasteiger partial charge in [-0.25, -0.2) is 0 Å². The first kappa shape index (κ1) is 7.48. The molecule has 0 saturated heterocycles. The first-order valence-electron chi connectivity index (χ1n) is 3.08. The molecule has 0 heterocycles. The SMILES string of the molecule is C[B]c1ccc(N)cc1Cl. The number of hydrogen-bond donors (Lipinski definition) is 1. The van der Waals surface area contributed by atoms with E-state index in [2.05, 4.69) is 0 Å². The van der Waals surface area contributed by atoms with E-state index in [0.29, 0.717) is 10.7 Å². The zero-order valence-electron chi connectivity index (χ0n) is 5.76. The van der Waals surface area contributed by atoms with Crippen LogP contribution in [0.4, 0.5) is 5.69 Å². The molecule has 0 bridgehead atoms. The molecule has 0 aliphatic carbocycles. The second-order valence-electron chi connectivity index (χ2n) is 2.07. The van der Waals surface area contributed by atoms with Gasteiger partial charge in [-0.2, -0.15) is 0 Å². The van der Waals surface area contributed by atoms with Gasteiger partial charge in [0.05, 0.1) is 0 Å². The van der Waals surface area contributed by atoms with Crippen LogP contribution < -0.4 is 11.2 Å². The van der Waals surface area contributed by atoms with Crippen LogP contribution in [-0.2, 0) is 0 Å². The first-order chi connectivity index (χ1) is 4.74. The van der Waals surface area contributed by atoms with Gasteiger partial charge in [-0.3, -0.25) is 0 Å². The van der Waals surface area contributed by atoms with Crippen molar-refractivity contribution < 1.29 is 0 Å². The smallest absolute Gasteiger partial charge is 0.150 e. The molecule has 1 aromatic rings. The number of nitrogen functional groups attached to an aromatic ring is 1. The van der Waals surface area contributed by atoms with E-state index in [1.165, 1.54) is 0 Å². The standard InChI is InChI=1S/C7H8BClN/c1-8-6-3-2-5(10)4-7(6)9/h2-4H,10H2,1H3. The van der Waals surface area contributed by atoms with Crippen molar-refractivity contribution in [2.75, 3.05) is 5.73 Å². The average Bonchev–Trinajstić information content (AvgIpc) is 1.88. The van der Waals surface area contributed by atoms with Crippen molar-refractivity contribution in [2.45, 2.75) is 6.82 Å². The molecule has 51 valence electrons. The summed E-state index contributed by atoms with van der Waals surface area (Å²) >= 11 is 5.82. The lowest BCUT2D eigenvalue weighted by Gasteiger charge is -1.99. The summed E-state index contributed by atoms with van der Waals surface area (Å²) in [4.78, 5) is 0. The Morgan fingerprint density at radius 2 is 2.20 bits per heavy atom. The first-order valence-corrected chi connectivity index (χ1v) is 3.46. The quantitative estimate of drug-likeness (QED) is 0.476. The van der Waals surface area contributed by atoms with E-state index in [-0.39, 0.29) is 0 Å². The summed E-state index contributed by atoms with van der Waals surface area (Å²) in [6.07, 6.45) is 0. The van der Waals surface area contributed by atoms with Gasteiger partial charge in [0.1, 0.15) is 7.28 Å². The Kier molecular flexibility index (Phi) is 2.23. The van der Waals surface area contributed by atoms with Gasteiger partial charge in [0.15, 0.2) is 0 Å². The van der Waals surface area contributed by atoms with Gasteiger partial charge in [-0.05, 0) is 12.1 Å². The fourth-order valence-corrected chi connectivity index (χ4v) is 1.08. The van der Waals surface area contributed by atoms with Gasteiger partial charge in [0.25, 0.3) is 0 Å². The Morgan fingerprint density at radius 3 is 2.70 bits per heavy atom. The lowest BCUT2D eigenvalue weighted by Crippen LogP contribution is -2.11. The minimum atomic E-state index is 0.704. The molecule has 1 rings (SSSR count). The number of nitrogens with two attached hydrogens (primary N) is 1. The molecule has 0 amide bonds. The van der Waals surface area contributed by atoms with Crippen molar-refractivity contribution in [1.82, 2.24) is 0 Å². The summed E-state index contributed by atoms with van der Waals surface area (Å²) in [5.74, 6) is 0. The molecule has 10 heavy (non-hydrogen) atoms. The summed E-state index contributed by atoms with van der Waals surface area (Å²) in [7, 11) is 1.95. The molecule has 0 unspecified atom stereocenters. The Labute approximate surface area is 66.4 Å². The van der Waals surface area contributed by atoms with E-state index < -0.39 is 0 Å². The summed E-state index contributed by atoms with van der Waals surface area (Å²) in [6, 6.07) is 5.48. The van der Waals surface area contributed by atoms with Crippen LogP contribution in [-0.4, -0.2) is 7.28 Å². The zero-order chi connectivity index (χ0) is 7.56. The van der Waals surface area contributed by atoms with Crippen LogP contribution in [0.3, 0.4) is 0 Å². The summed E-state index contributed by atoms with van der Waals surface area (Å²) in [5.41, 5.74) is 7.21. The van der Waals surface area contributed by atoms with E-state index in [1.54, 1.807) is 6.07 Å². The fourth-order valence-electron chi connectivity index (χ4n) is 0.777. The van der Waals surface area contributed by atoms with Crippen LogP contribution in [0, 0.1) is 0 Å². The van der Waals surface area contributed by atoms with Crippen LogP contribution in [0.5, 0.6) is 0 Å². The van der Waals surface area contributed by atoms with E-state index in [0.717, 1.165) is 5.46 Å². The number of rotatable bonds is 1. The maximum absolute atomic E-state index is 5.82. The van der Waals surface area contributed by atoms with E-state index >= 15 is 0 Å². The Hall–Kier alpha value is -0.625. The van der Waals surface area contributed by atoms with Crippen LogP contribution >= 0.6 is 11.6 Å². The second kappa shape index (κ2) is 2.97. The Balaban J connectivity index is 3.07. The predicted molar refractivity (Wildman–Crippen MR) is 47.1 cm³/mol. The highest BCUT2D eigenvalue weighted by atomic mass is 35.5. The highest BCUT2D eigenvalue weighted by Crippen LogP contribution is 2.09. The van der Waals surface area contributed by atoms with Gasteiger partial charge >= 0.3 is 0 Å². The van der Waals surface area contributed by atoms with Crippen molar-refractivity contribution in [1.29, 1.82) is 0 Å². The molecule has 2 N–H and O–H groups in total. The van der Waals surface area contributed by atoms with E-state index in [4.69, 9.17) is 17.3 Å². The molecule has 0 saturated carbocycles. The van der Waals surface area contributed by atoms with Gasteiger partial charge in [0, 0.05) is 10.7 Å². The molecule has 0 spiro atoms. The highest BCUT2D eigenvalue weighted by Gasteiger charge is 1.96. The normalized spacial score (nSPS) is 9.40. The molecule has 1 radical (unpaired) electrons. The second-order valence-corrected chi connectivity index (χ2v) is 2.48. The molecule has 1 nitrogen and oxygen atoms in total. The van der Waals surface area contributed by atoms with Crippen molar-refractivity contribution in [3.05, 3.63) is 23.2 Å². The van der Waals surface area contributed by atoms with Crippen molar-refractivity contribution in [2.24, 2.45) is 0 Å². The van der Waals surface area contributed by atoms with Crippen molar-refractivity contribution >= 4 is 30.0 Å². The lowest BCUT2D eigenvalue weighted by atomic mass is 9.73. The molecule has 1 aromatic carbocycles. The molecule has 0 aliphatic rings. The minimum absolute atomic E-state index is 0.704. The van der Waals surface area contributed by atoms with Gasteiger partial charge in [-0.15, -0.1) is 0 Å². The molecule has 0 atom stereocenters. The Bertz CT molecular complexity index is 237. The van der Waals surface area contributed by atoms with Crippen LogP contribution in [0.15, 0.2) is 18.2 Å². The summed E-state index contributed by atoms with van der Waals surface area (Å²) in [5, 5.41) is 0.711. The number of benzene rings is 1. The van der Waals surface area contributed by atoms with Gasteiger partial charge in [-0.1, -0.05) is 30.0 Å². The third kappa shape index (κ3) is 1.45. The average molecular weight is 152 g/mol. The Morgan fingerprint density at radius 1 is 1.50 bits per heavy atom. The number of hydrogen-bond acceptors (Lipinski definition) is 1. The van der Waals surface area contributed by atoms with Crippen LogP contribution in [0.25, 0.3) is 0 Å². The monoisotopic (exact) mass is 152 g/mol. The molecular formula is C7H8BClN. The van der Waals surface area contributed by atoms with Crippen molar-refractivity contribution in [3.8, 4) is 0 Å². The molecule has 0 aliphatic heterocycles. The summed E-state index contributed by atoms with van der Waals surface area (Å²) < 4.78 is 0. The predicted octanol–water partition coefficient (Wildman–Crippen LogP) is 1.30. The zero-order valence-corrected chi connectivity index (χ0v) is 6.52. The van der Waals surface area contributed by atoms with Gasteiger partial charge < -0.3 is 5.73 Å². The minimum Gasteiger partial charge on any atom is -0.399 e. The maximum atomic E-state index is 5.82. The van der Waals surface area contributed by atoms with Crippen LogP contribution in [0.1, 0.15) is 0 Å². The topological polar surface area (TPSA) is 26.0 Å². The van der Waals surface area contributed by atoms with Gasteiger partial charge in [0.2, 0.25) is 0 Å². The fraction of sp³-hybridized carbons (Fsp3) is 0.143. The molecule has 0 aromatic heterocycles. The molecule has 0 fully saturated rings.